The highest BCUT2D eigenvalue weighted by Crippen LogP contribution is 2.28. The molecule has 0 radical (unpaired) electrons. The van der Waals surface area contributed by atoms with E-state index in [1.807, 2.05) is 0 Å². The summed E-state index contributed by atoms with van der Waals surface area (Å²) in [6.45, 7) is 9.03. The van der Waals surface area contributed by atoms with Crippen molar-refractivity contribution in [2.45, 2.75) is 58.0 Å². The minimum atomic E-state index is 0.255. The average Bonchev–Trinajstić information content (AvgIpc) is 2.68. The Hall–Kier alpha value is -1.02. The molecule has 0 bridgehead atoms. The van der Waals surface area contributed by atoms with Gasteiger partial charge in [-0.1, -0.05) is 32.9 Å². The van der Waals surface area contributed by atoms with Gasteiger partial charge in [0.2, 0.25) is 0 Å². The van der Waals surface area contributed by atoms with E-state index in [4.69, 9.17) is 4.74 Å². The lowest BCUT2D eigenvalue weighted by Gasteiger charge is -2.24. The molecular formula is C17H27NO. The van der Waals surface area contributed by atoms with Gasteiger partial charge >= 0.3 is 0 Å². The monoisotopic (exact) mass is 261 g/mol. The van der Waals surface area contributed by atoms with Crippen molar-refractivity contribution in [2.24, 2.45) is 0 Å². The SMILES string of the molecule is CCC(C)(C)c1ccc(OC2CCCNCC2)cc1. The molecule has 0 spiro atoms. The Labute approximate surface area is 117 Å². The molecule has 1 aromatic rings. The quantitative estimate of drug-likeness (QED) is 0.887. The Morgan fingerprint density at radius 3 is 2.58 bits per heavy atom. The van der Waals surface area contributed by atoms with Crippen LogP contribution in [0.4, 0.5) is 0 Å². The van der Waals surface area contributed by atoms with Crippen molar-refractivity contribution in [2.75, 3.05) is 13.1 Å². The van der Waals surface area contributed by atoms with E-state index < -0.39 is 0 Å². The second-order valence-electron chi connectivity index (χ2n) is 6.18. The number of hydrogen-bond donors (Lipinski definition) is 1. The van der Waals surface area contributed by atoms with Gasteiger partial charge in [0.05, 0.1) is 6.10 Å². The summed E-state index contributed by atoms with van der Waals surface area (Å²) in [5.74, 6) is 1.02. The van der Waals surface area contributed by atoms with Crippen molar-refractivity contribution in [3.63, 3.8) is 0 Å². The molecule has 1 aromatic carbocycles. The number of ether oxygens (including phenoxy) is 1. The molecule has 0 amide bonds. The van der Waals surface area contributed by atoms with Crippen molar-refractivity contribution < 1.29 is 4.74 Å². The van der Waals surface area contributed by atoms with Gasteiger partial charge < -0.3 is 10.1 Å². The zero-order valence-electron chi connectivity index (χ0n) is 12.5. The van der Waals surface area contributed by atoms with Gasteiger partial charge in [0.25, 0.3) is 0 Å². The lowest BCUT2D eigenvalue weighted by molar-refractivity contribution is 0.187. The van der Waals surface area contributed by atoms with E-state index in [0.29, 0.717) is 6.10 Å². The van der Waals surface area contributed by atoms with Crippen LogP contribution in [-0.2, 0) is 5.41 Å². The summed E-state index contributed by atoms with van der Waals surface area (Å²) in [5.41, 5.74) is 1.65. The van der Waals surface area contributed by atoms with Crippen LogP contribution >= 0.6 is 0 Å². The first-order valence-corrected chi connectivity index (χ1v) is 7.60. The van der Waals surface area contributed by atoms with Gasteiger partial charge in [-0.25, -0.2) is 0 Å². The first kappa shape index (κ1) is 14.4. The summed E-state index contributed by atoms with van der Waals surface area (Å²) >= 11 is 0. The molecule has 1 saturated heterocycles. The molecule has 1 aliphatic rings. The Balaban J connectivity index is 1.98. The molecule has 2 heteroatoms. The molecule has 0 aliphatic carbocycles. The molecule has 1 heterocycles. The van der Waals surface area contributed by atoms with E-state index in [2.05, 4.69) is 50.4 Å². The molecular weight excluding hydrogens is 234 g/mol. The minimum Gasteiger partial charge on any atom is -0.490 e. The fourth-order valence-corrected chi connectivity index (χ4v) is 2.49. The second-order valence-corrected chi connectivity index (χ2v) is 6.18. The Kier molecular flexibility index (Phi) is 4.87. The van der Waals surface area contributed by atoms with E-state index in [1.54, 1.807) is 0 Å². The predicted molar refractivity (Wildman–Crippen MR) is 80.9 cm³/mol. The van der Waals surface area contributed by atoms with Crippen LogP contribution in [0.25, 0.3) is 0 Å². The molecule has 1 aliphatic heterocycles. The van der Waals surface area contributed by atoms with Gasteiger partial charge in [0.15, 0.2) is 0 Å². The molecule has 106 valence electrons. The van der Waals surface area contributed by atoms with Gasteiger partial charge in [-0.05, 0) is 61.9 Å². The molecule has 0 aromatic heterocycles. The van der Waals surface area contributed by atoms with E-state index in [-0.39, 0.29) is 5.41 Å². The maximum atomic E-state index is 6.10. The molecule has 1 atom stereocenters. The number of hydrogen-bond acceptors (Lipinski definition) is 2. The van der Waals surface area contributed by atoms with Gasteiger partial charge in [0.1, 0.15) is 5.75 Å². The van der Waals surface area contributed by atoms with Crippen molar-refractivity contribution >= 4 is 0 Å². The van der Waals surface area contributed by atoms with Crippen molar-refractivity contribution in [1.82, 2.24) is 5.32 Å². The Morgan fingerprint density at radius 1 is 1.16 bits per heavy atom. The lowest BCUT2D eigenvalue weighted by atomic mass is 9.82. The van der Waals surface area contributed by atoms with Crippen LogP contribution in [0.3, 0.4) is 0 Å². The van der Waals surface area contributed by atoms with Crippen molar-refractivity contribution in [3.8, 4) is 5.75 Å². The predicted octanol–water partition coefficient (Wildman–Crippen LogP) is 3.90. The summed E-state index contributed by atoms with van der Waals surface area (Å²) in [5, 5.41) is 3.42. The van der Waals surface area contributed by atoms with Gasteiger partial charge in [-0.2, -0.15) is 0 Å². The third-order valence-corrected chi connectivity index (χ3v) is 4.35. The summed E-state index contributed by atoms with van der Waals surface area (Å²) in [6, 6.07) is 8.69. The topological polar surface area (TPSA) is 21.3 Å². The molecule has 2 nitrogen and oxygen atoms in total. The first-order chi connectivity index (χ1) is 9.12. The van der Waals surface area contributed by atoms with Gasteiger partial charge in [-0.15, -0.1) is 0 Å². The van der Waals surface area contributed by atoms with Crippen LogP contribution in [0.1, 0.15) is 52.0 Å². The maximum Gasteiger partial charge on any atom is 0.119 e. The van der Waals surface area contributed by atoms with E-state index in [9.17, 15) is 0 Å². The fourth-order valence-electron chi connectivity index (χ4n) is 2.49. The number of nitrogens with one attached hydrogen (secondary N) is 1. The van der Waals surface area contributed by atoms with Crippen LogP contribution < -0.4 is 10.1 Å². The van der Waals surface area contributed by atoms with Crippen LogP contribution in [0.15, 0.2) is 24.3 Å². The molecule has 2 rings (SSSR count). The summed E-state index contributed by atoms with van der Waals surface area (Å²) < 4.78 is 6.10. The molecule has 0 saturated carbocycles. The zero-order valence-corrected chi connectivity index (χ0v) is 12.5. The summed E-state index contributed by atoms with van der Waals surface area (Å²) in [4.78, 5) is 0. The fraction of sp³-hybridized carbons (Fsp3) is 0.647. The van der Waals surface area contributed by atoms with Gasteiger partial charge in [0, 0.05) is 0 Å². The Bertz CT molecular complexity index is 375. The van der Waals surface area contributed by atoms with Crippen molar-refractivity contribution in [3.05, 3.63) is 29.8 Å². The molecule has 1 N–H and O–H groups in total. The van der Waals surface area contributed by atoms with E-state index >= 15 is 0 Å². The maximum absolute atomic E-state index is 6.10. The van der Waals surface area contributed by atoms with Gasteiger partial charge in [-0.3, -0.25) is 0 Å². The summed E-state index contributed by atoms with van der Waals surface area (Å²) in [6.07, 6.45) is 5.02. The lowest BCUT2D eigenvalue weighted by Crippen LogP contribution is -2.19. The third kappa shape index (κ3) is 3.97. The van der Waals surface area contributed by atoms with E-state index in [1.165, 1.54) is 12.0 Å². The highest BCUT2D eigenvalue weighted by atomic mass is 16.5. The van der Waals surface area contributed by atoms with E-state index in [0.717, 1.165) is 38.1 Å². The van der Waals surface area contributed by atoms with Crippen LogP contribution in [0, 0.1) is 0 Å². The smallest absolute Gasteiger partial charge is 0.119 e. The minimum absolute atomic E-state index is 0.255. The molecule has 1 unspecified atom stereocenters. The largest absolute Gasteiger partial charge is 0.490 e. The molecule has 1 fully saturated rings. The highest BCUT2D eigenvalue weighted by molar-refractivity contribution is 5.31. The second kappa shape index (κ2) is 6.42. The first-order valence-electron chi connectivity index (χ1n) is 7.60. The van der Waals surface area contributed by atoms with Crippen LogP contribution in [-0.4, -0.2) is 19.2 Å². The Morgan fingerprint density at radius 2 is 1.89 bits per heavy atom. The zero-order chi connectivity index (χ0) is 13.7. The highest BCUT2D eigenvalue weighted by Gasteiger charge is 2.18. The average molecular weight is 261 g/mol. The summed E-state index contributed by atoms with van der Waals surface area (Å²) in [7, 11) is 0. The number of rotatable bonds is 4. The normalized spacial score (nSPS) is 20.9. The number of benzene rings is 1. The van der Waals surface area contributed by atoms with Crippen molar-refractivity contribution in [1.29, 1.82) is 0 Å². The molecule has 19 heavy (non-hydrogen) atoms. The standard InChI is InChI=1S/C17H27NO/c1-4-17(2,3)14-7-9-16(10-8-14)19-15-6-5-12-18-13-11-15/h7-10,15,18H,4-6,11-13H2,1-3H3. The third-order valence-electron chi connectivity index (χ3n) is 4.35. The van der Waals surface area contributed by atoms with Crippen LogP contribution in [0.2, 0.25) is 0 Å². The van der Waals surface area contributed by atoms with Crippen LogP contribution in [0.5, 0.6) is 5.75 Å².